The fraction of sp³-hybridized carbons (Fsp3) is 0.333. The van der Waals surface area contributed by atoms with E-state index in [1.807, 2.05) is 0 Å². The highest BCUT2D eigenvalue weighted by Gasteiger charge is 2.20. The van der Waals surface area contributed by atoms with Gasteiger partial charge in [-0.2, -0.15) is 0 Å². The van der Waals surface area contributed by atoms with E-state index in [1.165, 1.54) is 17.8 Å². The van der Waals surface area contributed by atoms with Crippen LogP contribution in [0.2, 0.25) is 0 Å². The molecule has 1 aliphatic rings. The van der Waals surface area contributed by atoms with E-state index < -0.39 is 0 Å². The number of nitrogen functional groups attached to an aromatic ring is 1. The third-order valence-corrected chi connectivity index (χ3v) is 3.05. The second-order valence-electron chi connectivity index (χ2n) is 2.97. The first-order valence-electron chi connectivity index (χ1n) is 4.05. The highest BCUT2D eigenvalue weighted by molar-refractivity contribution is 8.00. The van der Waals surface area contributed by atoms with Gasteiger partial charge in [-0.3, -0.25) is 0 Å². The van der Waals surface area contributed by atoms with Crippen LogP contribution in [0.3, 0.4) is 0 Å². The van der Waals surface area contributed by atoms with Crippen LogP contribution in [0.5, 0.6) is 0 Å². The zero-order valence-electron chi connectivity index (χ0n) is 7.00. The van der Waals surface area contributed by atoms with Gasteiger partial charge in [0.2, 0.25) is 0 Å². The molecule has 2 N–H and O–H groups in total. The predicted octanol–water partition coefficient (Wildman–Crippen LogP) is 1.90. The Balaban J connectivity index is 2.10. The van der Waals surface area contributed by atoms with Crippen molar-refractivity contribution in [1.82, 2.24) is 0 Å². The van der Waals surface area contributed by atoms with Gasteiger partial charge in [-0.25, -0.2) is 4.39 Å². The smallest absolute Gasteiger partial charge is 0.138 e. The largest absolute Gasteiger partial charge is 0.399 e. The topological polar surface area (TPSA) is 35.2 Å². The van der Waals surface area contributed by atoms with Crippen LogP contribution >= 0.6 is 11.8 Å². The van der Waals surface area contributed by atoms with Crippen molar-refractivity contribution in [2.45, 2.75) is 10.1 Å². The van der Waals surface area contributed by atoms with Crippen LogP contribution in [0.15, 0.2) is 23.1 Å². The average molecular weight is 199 g/mol. The van der Waals surface area contributed by atoms with Crippen molar-refractivity contribution in [3.63, 3.8) is 0 Å². The van der Waals surface area contributed by atoms with Gasteiger partial charge in [-0.15, -0.1) is 11.8 Å². The van der Waals surface area contributed by atoms with Crippen molar-refractivity contribution >= 4 is 17.4 Å². The molecule has 0 saturated carbocycles. The molecule has 0 spiro atoms. The maximum Gasteiger partial charge on any atom is 0.138 e. The number of ether oxygens (including phenoxy) is 1. The Bertz CT molecular complexity index is 314. The van der Waals surface area contributed by atoms with Crippen LogP contribution in [0.25, 0.3) is 0 Å². The first-order valence-corrected chi connectivity index (χ1v) is 4.93. The summed E-state index contributed by atoms with van der Waals surface area (Å²) < 4.78 is 18.2. The van der Waals surface area contributed by atoms with Crippen molar-refractivity contribution in [1.29, 1.82) is 0 Å². The van der Waals surface area contributed by atoms with Gasteiger partial charge in [0, 0.05) is 10.6 Å². The Labute approximate surface area is 80.3 Å². The van der Waals surface area contributed by atoms with Gasteiger partial charge >= 0.3 is 0 Å². The molecule has 0 aromatic heterocycles. The van der Waals surface area contributed by atoms with Crippen molar-refractivity contribution in [3.05, 3.63) is 24.0 Å². The molecule has 2 rings (SSSR count). The van der Waals surface area contributed by atoms with Gasteiger partial charge in [0.25, 0.3) is 0 Å². The average Bonchev–Trinajstić information content (AvgIpc) is 1.99. The summed E-state index contributed by atoms with van der Waals surface area (Å²) in [4.78, 5) is 0.655. The fourth-order valence-electron chi connectivity index (χ4n) is 1.07. The highest BCUT2D eigenvalue weighted by Crippen LogP contribution is 2.30. The summed E-state index contributed by atoms with van der Waals surface area (Å²) in [6.07, 6.45) is 0. The molecule has 1 fully saturated rings. The zero-order valence-corrected chi connectivity index (χ0v) is 7.81. The number of thioether (sulfide) groups is 1. The minimum absolute atomic E-state index is 0.239. The molecule has 1 aliphatic heterocycles. The summed E-state index contributed by atoms with van der Waals surface area (Å²) in [7, 11) is 0. The molecule has 0 amide bonds. The molecule has 1 aromatic carbocycles. The van der Waals surface area contributed by atoms with Crippen LogP contribution in [-0.2, 0) is 4.74 Å². The molecule has 70 valence electrons. The van der Waals surface area contributed by atoms with Crippen LogP contribution in [0, 0.1) is 5.82 Å². The Morgan fingerprint density at radius 3 is 2.77 bits per heavy atom. The van der Waals surface area contributed by atoms with E-state index in [2.05, 4.69) is 0 Å². The number of hydrogen-bond acceptors (Lipinski definition) is 3. The van der Waals surface area contributed by atoms with Gasteiger partial charge in [0.05, 0.1) is 18.5 Å². The van der Waals surface area contributed by atoms with Crippen molar-refractivity contribution in [2.24, 2.45) is 0 Å². The van der Waals surface area contributed by atoms with Gasteiger partial charge in [-0.05, 0) is 18.2 Å². The summed E-state index contributed by atoms with van der Waals surface area (Å²) in [5, 5.41) is 0.401. The minimum atomic E-state index is -0.239. The monoisotopic (exact) mass is 199 g/mol. The highest BCUT2D eigenvalue weighted by atomic mass is 32.2. The Hall–Kier alpha value is -0.740. The van der Waals surface area contributed by atoms with E-state index in [9.17, 15) is 4.39 Å². The van der Waals surface area contributed by atoms with E-state index in [0.717, 1.165) is 0 Å². The van der Waals surface area contributed by atoms with Crippen molar-refractivity contribution in [2.75, 3.05) is 18.9 Å². The molecule has 4 heteroatoms. The van der Waals surface area contributed by atoms with Crippen molar-refractivity contribution in [3.8, 4) is 0 Å². The van der Waals surface area contributed by atoms with E-state index in [4.69, 9.17) is 10.5 Å². The van der Waals surface area contributed by atoms with Gasteiger partial charge in [0.1, 0.15) is 5.82 Å². The molecule has 1 aromatic rings. The van der Waals surface area contributed by atoms with Crippen molar-refractivity contribution < 1.29 is 9.13 Å². The van der Waals surface area contributed by atoms with Crippen LogP contribution < -0.4 is 5.73 Å². The summed E-state index contributed by atoms with van der Waals surface area (Å²) in [5.41, 5.74) is 5.90. The molecule has 0 unspecified atom stereocenters. The summed E-state index contributed by atoms with van der Waals surface area (Å²) in [6, 6.07) is 4.78. The number of halogens is 1. The molecule has 0 atom stereocenters. The lowest BCUT2D eigenvalue weighted by Crippen LogP contribution is -2.30. The number of rotatable bonds is 2. The minimum Gasteiger partial charge on any atom is -0.399 e. The van der Waals surface area contributed by atoms with Crippen LogP contribution in [-0.4, -0.2) is 18.5 Å². The maximum atomic E-state index is 13.2. The number of benzene rings is 1. The molecule has 1 heterocycles. The molecule has 0 bridgehead atoms. The molecule has 2 nitrogen and oxygen atoms in total. The second-order valence-corrected chi connectivity index (χ2v) is 4.31. The number of nitrogens with two attached hydrogens (primary N) is 1. The SMILES string of the molecule is Nc1ccc(SC2COC2)c(F)c1. The summed E-state index contributed by atoms with van der Waals surface area (Å²) in [6.45, 7) is 1.43. The van der Waals surface area contributed by atoms with Gasteiger partial charge < -0.3 is 10.5 Å². The number of anilines is 1. The fourth-order valence-corrected chi connectivity index (χ4v) is 2.08. The van der Waals surface area contributed by atoms with Crippen LogP contribution in [0.4, 0.5) is 10.1 Å². The lowest BCUT2D eigenvalue weighted by Gasteiger charge is -2.25. The Morgan fingerprint density at radius 1 is 1.46 bits per heavy atom. The normalized spacial score (nSPS) is 17.0. The van der Waals surface area contributed by atoms with Gasteiger partial charge in [0.15, 0.2) is 0 Å². The van der Waals surface area contributed by atoms with Crippen LogP contribution in [0.1, 0.15) is 0 Å². The van der Waals surface area contributed by atoms with E-state index in [0.29, 0.717) is 29.0 Å². The molecular formula is C9H10FNOS. The summed E-state index contributed by atoms with van der Waals surface area (Å²) in [5.74, 6) is -0.239. The Kier molecular flexibility index (Phi) is 2.42. The lowest BCUT2D eigenvalue weighted by atomic mass is 10.3. The molecule has 1 saturated heterocycles. The van der Waals surface area contributed by atoms with E-state index >= 15 is 0 Å². The Morgan fingerprint density at radius 2 is 2.23 bits per heavy atom. The van der Waals surface area contributed by atoms with Gasteiger partial charge in [-0.1, -0.05) is 0 Å². The third-order valence-electron chi connectivity index (χ3n) is 1.86. The maximum absolute atomic E-state index is 13.2. The third kappa shape index (κ3) is 1.95. The van der Waals surface area contributed by atoms with E-state index in [1.54, 1.807) is 12.1 Å². The quantitative estimate of drug-likeness (QED) is 0.739. The molecule has 13 heavy (non-hydrogen) atoms. The molecular weight excluding hydrogens is 189 g/mol. The second kappa shape index (κ2) is 3.55. The first-order chi connectivity index (χ1) is 6.25. The lowest BCUT2D eigenvalue weighted by molar-refractivity contribution is 0.0455. The predicted molar refractivity (Wildman–Crippen MR) is 51.3 cm³/mol. The van der Waals surface area contributed by atoms with E-state index in [-0.39, 0.29) is 5.82 Å². The zero-order chi connectivity index (χ0) is 9.26. The molecule has 0 radical (unpaired) electrons. The standard InChI is InChI=1S/C9H10FNOS/c10-8-3-6(11)1-2-9(8)13-7-4-12-5-7/h1-3,7H,4-5,11H2. The molecule has 0 aliphatic carbocycles. The first kappa shape index (κ1) is 8.84. The number of hydrogen-bond donors (Lipinski definition) is 1. The summed E-state index contributed by atoms with van der Waals surface area (Å²) >= 11 is 1.51.